The number of piperidine rings is 1. The van der Waals surface area contributed by atoms with Crippen LogP contribution in [0.4, 0.5) is 0 Å². The SMILES string of the molecule is COc1oc(-c2ccccc2)nc1C(=O)NC1CCC(=O)NC1=O. The Bertz CT molecular complexity index is 784. The van der Waals surface area contributed by atoms with Crippen LogP contribution in [-0.2, 0) is 9.59 Å². The Morgan fingerprint density at radius 1 is 1.33 bits per heavy atom. The fourth-order valence-electron chi connectivity index (χ4n) is 2.35. The van der Waals surface area contributed by atoms with Crippen molar-refractivity contribution in [1.29, 1.82) is 0 Å². The minimum Gasteiger partial charge on any atom is -0.467 e. The molecule has 8 heteroatoms. The topological polar surface area (TPSA) is 111 Å². The Morgan fingerprint density at radius 2 is 2.08 bits per heavy atom. The maximum atomic E-state index is 12.4. The van der Waals surface area contributed by atoms with Crippen molar-refractivity contribution in [2.75, 3.05) is 7.11 Å². The Kier molecular flexibility index (Phi) is 4.28. The molecule has 2 heterocycles. The van der Waals surface area contributed by atoms with Gasteiger partial charge in [0.1, 0.15) is 6.04 Å². The number of rotatable bonds is 4. The van der Waals surface area contributed by atoms with Crippen LogP contribution in [-0.4, -0.2) is 35.9 Å². The zero-order valence-electron chi connectivity index (χ0n) is 12.9. The van der Waals surface area contributed by atoms with E-state index in [4.69, 9.17) is 9.15 Å². The Balaban J connectivity index is 1.81. The van der Waals surface area contributed by atoms with Crippen molar-refractivity contribution in [3.8, 4) is 17.4 Å². The molecule has 124 valence electrons. The maximum absolute atomic E-state index is 12.4. The van der Waals surface area contributed by atoms with E-state index in [0.717, 1.165) is 0 Å². The molecule has 8 nitrogen and oxygen atoms in total. The van der Waals surface area contributed by atoms with Crippen LogP contribution in [0, 0.1) is 0 Å². The van der Waals surface area contributed by atoms with Gasteiger partial charge in [0.15, 0.2) is 0 Å². The third-order valence-corrected chi connectivity index (χ3v) is 3.56. The molecule has 1 aromatic carbocycles. The minimum absolute atomic E-state index is 0.0429. The summed E-state index contributed by atoms with van der Waals surface area (Å²) in [6.07, 6.45) is 0.407. The normalized spacial score (nSPS) is 17.3. The molecule has 0 bridgehead atoms. The summed E-state index contributed by atoms with van der Waals surface area (Å²) in [7, 11) is 1.36. The number of ether oxygens (including phenoxy) is 1. The van der Waals surface area contributed by atoms with Gasteiger partial charge in [-0.15, -0.1) is 0 Å². The summed E-state index contributed by atoms with van der Waals surface area (Å²) in [6, 6.07) is 8.25. The monoisotopic (exact) mass is 329 g/mol. The summed E-state index contributed by atoms with van der Waals surface area (Å²) in [5.41, 5.74) is 0.636. The molecule has 1 fully saturated rings. The lowest BCUT2D eigenvalue weighted by Gasteiger charge is -2.21. The lowest BCUT2D eigenvalue weighted by atomic mass is 10.1. The zero-order valence-corrected chi connectivity index (χ0v) is 12.9. The number of methoxy groups -OCH3 is 1. The van der Waals surface area contributed by atoms with Gasteiger partial charge in [0.05, 0.1) is 7.11 Å². The fraction of sp³-hybridized carbons (Fsp3) is 0.250. The van der Waals surface area contributed by atoms with E-state index in [1.807, 2.05) is 18.2 Å². The molecule has 1 aliphatic rings. The van der Waals surface area contributed by atoms with Crippen LogP contribution < -0.4 is 15.4 Å². The average Bonchev–Trinajstić information content (AvgIpc) is 3.02. The van der Waals surface area contributed by atoms with E-state index in [9.17, 15) is 14.4 Å². The third kappa shape index (κ3) is 3.12. The van der Waals surface area contributed by atoms with Gasteiger partial charge in [0, 0.05) is 12.0 Å². The van der Waals surface area contributed by atoms with E-state index < -0.39 is 17.9 Å². The van der Waals surface area contributed by atoms with Crippen molar-refractivity contribution in [2.45, 2.75) is 18.9 Å². The Labute approximate surface area is 137 Å². The van der Waals surface area contributed by atoms with Crippen LogP contribution in [0.15, 0.2) is 34.7 Å². The standard InChI is InChI=1S/C16H15N3O5/c1-23-16-12(19-15(24-16)9-5-3-2-4-6-9)14(22)17-10-7-8-11(20)18-13(10)21/h2-6,10H,7-8H2,1H3,(H,17,22)(H,18,20,21). The van der Waals surface area contributed by atoms with Crippen molar-refractivity contribution in [3.63, 3.8) is 0 Å². The highest BCUT2D eigenvalue weighted by Crippen LogP contribution is 2.27. The van der Waals surface area contributed by atoms with Crippen LogP contribution in [0.25, 0.3) is 11.5 Å². The van der Waals surface area contributed by atoms with E-state index in [2.05, 4.69) is 15.6 Å². The number of hydrogen-bond acceptors (Lipinski definition) is 6. The van der Waals surface area contributed by atoms with Crippen molar-refractivity contribution in [2.24, 2.45) is 0 Å². The van der Waals surface area contributed by atoms with Crippen molar-refractivity contribution >= 4 is 17.7 Å². The maximum Gasteiger partial charge on any atom is 0.318 e. The molecule has 24 heavy (non-hydrogen) atoms. The number of benzene rings is 1. The molecule has 0 aliphatic carbocycles. The second-order valence-electron chi connectivity index (χ2n) is 5.20. The van der Waals surface area contributed by atoms with E-state index in [1.165, 1.54) is 7.11 Å². The number of nitrogens with one attached hydrogen (secondary N) is 2. The molecule has 1 atom stereocenters. The van der Waals surface area contributed by atoms with Crippen LogP contribution in [0.5, 0.6) is 5.95 Å². The Morgan fingerprint density at radius 3 is 2.75 bits per heavy atom. The first kappa shape index (κ1) is 15.7. The quantitative estimate of drug-likeness (QED) is 0.806. The molecule has 3 amide bonds. The number of oxazole rings is 1. The molecular formula is C16H15N3O5. The molecule has 0 saturated carbocycles. The summed E-state index contributed by atoms with van der Waals surface area (Å²) in [5.74, 6) is -1.30. The fourth-order valence-corrected chi connectivity index (χ4v) is 2.35. The number of aromatic nitrogens is 1. The molecule has 2 aromatic rings. The number of nitrogens with zero attached hydrogens (tertiary/aromatic N) is 1. The van der Waals surface area contributed by atoms with Gasteiger partial charge >= 0.3 is 5.95 Å². The van der Waals surface area contributed by atoms with Gasteiger partial charge < -0.3 is 14.5 Å². The van der Waals surface area contributed by atoms with E-state index in [-0.39, 0.29) is 36.3 Å². The van der Waals surface area contributed by atoms with Crippen LogP contribution in [0.3, 0.4) is 0 Å². The number of carbonyl (C=O) groups is 3. The first-order valence-corrected chi connectivity index (χ1v) is 7.33. The molecule has 1 unspecified atom stereocenters. The molecule has 0 radical (unpaired) electrons. The van der Waals surface area contributed by atoms with Gasteiger partial charge in [-0.25, -0.2) is 0 Å². The second kappa shape index (κ2) is 6.53. The Hall–Kier alpha value is -3.16. The van der Waals surface area contributed by atoms with Crippen molar-refractivity contribution in [1.82, 2.24) is 15.6 Å². The summed E-state index contributed by atoms with van der Waals surface area (Å²) in [6.45, 7) is 0. The summed E-state index contributed by atoms with van der Waals surface area (Å²) in [4.78, 5) is 39.4. The van der Waals surface area contributed by atoms with E-state index in [0.29, 0.717) is 5.56 Å². The van der Waals surface area contributed by atoms with Crippen LogP contribution >= 0.6 is 0 Å². The van der Waals surface area contributed by atoms with Crippen LogP contribution in [0.2, 0.25) is 0 Å². The van der Waals surface area contributed by atoms with Gasteiger partial charge in [-0.05, 0) is 18.6 Å². The van der Waals surface area contributed by atoms with Crippen molar-refractivity contribution in [3.05, 3.63) is 36.0 Å². The number of carbonyl (C=O) groups excluding carboxylic acids is 3. The largest absolute Gasteiger partial charge is 0.467 e. The first-order chi connectivity index (χ1) is 11.6. The van der Waals surface area contributed by atoms with Gasteiger partial charge in [-0.2, -0.15) is 4.98 Å². The average molecular weight is 329 g/mol. The highest BCUT2D eigenvalue weighted by atomic mass is 16.6. The highest BCUT2D eigenvalue weighted by molar-refractivity contribution is 6.03. The highest BCUT2D eigenvalue weighted by Gasteiger charge is 2.30. The zero-order chi connectivity index (χ0) is 17.1. The van der Waals surface area contributed by atoms with Gasteiger partial charge in [0.25, 0.3) is 5.91 Å². The molecule has 0 spiro atoms. The lowest BCUT2D eigenvalue weighted by Crippen LogP contribution is -2.52. The molecule has 1 saturated heterocycles. The number of amides is 3. The molecule has 1 aromatic heterocycles. The smallest absolute Gasteiger partial charge is 0.318 e. The van der Waals surface area contributed by atoms with Gasteiger partial charge in [-0.3, -0.25) is 19.7 Å². The third-order valence-electron chi connectivity index (χ3n) is 3.56. The van der Waals surface area contributed by atoms with E-state index >= 15 is 0 Å². The second-order valence-corrected chi connectivity index (χ2v) is 5.20. The number of hydrogen-bond donors (Lipinski definition) is 2. The molecule has 1 aliphatic heterocycles. The summed E-state index contributed by atoms with van der Waals surface area (Å²) >= 11 is 0. The first-order valence-electron chi connectivity index (χ1n) is 7.33. The van der Waals surface area contributed by atoms with Crippen molar-refractivity contribution < 1.29 is 23.5 Å². The molecular weight excluding hydrogens is 314 g/mol. The van der Waals surface area contributed by atoms with Crippen LogP contribution in [0.1, 0.15) is 23.3 Å². The minimum atomic E-state index is -0.795. The number of imide groups is 1. The van der Waals surface area contributed by atoms with Gasteiger partial charge in [-0.1, -0.05) is 18.2 Å². The molecule has 2 N–H and O–H groups in total. The molecule has 3 rings (SSSR count). The summed E-state index contributed by atoms with van der Waals surface area (Å²) in [5, 5.41) is 4.72. The lowest BCUT2D eigenvalue weighted by molar-refractivity contribution is -0.134. The summed E-state index contributed by atoms with van der Waals surface area (Å²) < 4.78 is 10.5. The van der Waals surface area contributed by atoms with E-state index in [1.54, 1.807) is 12.1 Å². The predicted molar refractivity (Wildman–Crippen MR) is 82.1 cm³/mol. The van der Waals surface area contributed by atoms with Gasteiger partial charge in [0.2, 0.25) is 23.4 Å². The predicted octanol–water partition coefficient (Wildman–Crippen LogP) is 0.885.